The molecule has 2 nitrogen and oxygen atoms in total. The van der Waals surface area contributed by atoms with Crippen LogP contribution in [-0.4, -0.2) is 4.57 Å². The maximum atomic E-state index is 10.9. The first-order valence-electron chi connectivity index (χ1n) is 4.64. The standard InChI is InChI=1S/C12H10BrNO/c13-11-3-1-10(2-4-11)9-14-7-5-12(15)6-8-14/h1-8H,9H2. The molecule has 76 valence electrons. The lowest BCUT2D eigenvalue weighted by molar-refractivity contribution is 0.788. The highest BCUT2D eigenvalue weighted by atomic mass is 79.9. The molecule has 3 heteroatoms. The van der Waals surface area contributed by atoms with Crippen molar-refractivity contribution in [2.75, 3.05) is 0 Å². The van der Waals surface area contributed by atoms with E-state index in [1.54, 1.807) is 24.5 Å². The van der Waals surface area contributed by atoms with E-state index >= 15 is 0 Å². The number of hydrogen-bond donors (Lipinski definition) is 0. The molecule has 15 heavy (non-hydrogen) atoms. The van der Waals surface area contributed by atoms with Gasteiger partial charge in [-0.05, 0) is 17.7 Å². The Kier molecular flexibility index (Phi) is 3.02. The molecule has 0 aliphatic rings. The Labute approximate surface area is 96.3 Å². The molecule has 0 fully saturated rings. The van der Waals surface area contributed by atoms with Crippen LogP contribution in [0.2, 0.25) is 0 Å². The fraction of sp³-hybridized carbons (Fsp3) is 0.0833. The van der Waals surface area contributed by atoms with Crippen LogP contribution >= 0.6 is 15.9 Å². The molecule has 0 unspecified atom stereocenters. The molecule has 1 aromatic heterocycles. The second kappa shape index (κ2) is 4.45. The second-order valence-corrected chi connectivity index (χ2v) is 4.25. The first-order chi connectivity index (χ1) is 7.24. The summed E-state index contributed by atoms with van der Waals surface area (Å²) in [5, 5.41) is 0. The number of halogens is 1. The predicted molar refractivity (Wildman–Crippen MR) is 63.9 cm³/mol. The minimum absolute atomic E-state index is 0.0436. The minimum Gasteiger partial charge on any atom is -0.350 e. The minimum atomic E-state index is 0.0436. The first kappa shape index (κ1) is 10.2. The lowest BCUT2D eigenvalue weighted by atomic mass is 10.2. The van der Waals surface area contributed by atoms with E-state index in [0.717, 1.165) is 11.0 Å². The zero-order valence-electron chi connectivity index (χ0n) is 8.06. The molecule has 0 aliphatic heterocycles. The van der Waals surface area contributed by atoms with E-state index in [1.807, 2.05) is 16.7 Å². The number of pyridine rings is 1. The number of nitrogens with zero attached hydrogens (tertiary/aromatic N) is 1. The summed E-state index contributed by atoms with van der Waals surface area (Å²) >= 11 is 3.39. The number of benzene rings is 1. The monoisotopic (exact) mass is 263 g/mol. The number of hydrogen-bond acceptors (Lipinski definition) is 1. The van der Waals surface area contributed by atoms with Gasteiger partial charge in [-0.15, -0.1) is 0 Å². The Hall–Kier alpha value is -1.35. The van der Waals surface area contributed by atoms with E-state index < -0.39 is 0 Å². The maximum Gasteiger partial charge on any atom is 0.181 e. The van der Waals surface area contributed by atoms with E-state index in [-0.39, 0.29) is 5.43 Å². The smallest absolute Gasteiger partial charge is 0.181 e. The summed E-state index contributed by atoms with van der Waals surface area (Å²) in [5.41, 5.74) is 1.25. The second-order valence-electron chi connectivity index (χ2n) is 3.33. The molecule has 0 saturated heterocycles. The van der Waals surface area contributed by atoms with Gasteiger partial charge in [-0.3, -0.25) is 4.79 Å². The molecule has 0 aliphatic carbocycles. The van der Waals surface area contributed by atoms with Gasteiger partial charge in [0, 0.05) is 35.5 Å². The topological polar surface area (TPSA) is 22.0 Å². The van der Waals surface area contributed by atoms with Crippen molar-refractivity contribution in [3.05, 3.63) is 69.1 Å². The van der Waals surface area contributed by atoms with Gasteiger partial charge in [0.05, 0.1) is 0 Å². The van der Waals surface area contributed by atoms with Crippen molar-refractivity contribution in [2.24, 2.45) is 0 Å². The Morgan fingerprint density at radius 2 is 1.60 bits per heavy atom. The van der Waals surface area contributed by atoms with Crippen molar-refractivity contribution in [1.29, 1.82) is 0 Å². The van der Waals surface area contributed by atoms with Crippen LogP contribution < -0.4 is 5.43 Å². The third-order valence-corrected chi connectivity index (χ3v) is 2.67. The predicted octanol–water partition coefficient (Wildman–Crippen LogP) is 2.66. The van der Waals surface area contributed by atoms with Gasteiger partial charge in [-0.25, -0.2) is 0 Å². The first-order valence-corrected chi connectivity index (χ1v) is 5.44. The maximum absolute atomic E-state index is 10.9. The van der Waals surface area contributed by atoms with Gasteiger partial charge in [-0.1, -0.05) is 28.1 Å². The van der Waals surface area contributed by atoms with Crippen molar-refractivity contribution >= 4 is 15.9 Å². The van der Waals surface area contributed by atoms with Crippen molar-refractivity contribution in [2.45, 2.75) is 6.54 Å². The molecule has 0 N–H and O–H groups in total. The van der Waals surface area contributed by atoms with Crippen LogP contribution in [0.15, 0.2) is 58.1 Å². The van der Waals surface area contributed by atoms with Crippen molar-refractivity contribution in [3.63, 3.8) is 0 Å². The molecule has 2 rings (SSSR count). The lowest BCUT2D eigenvalue weighted by Crippen LogP contribution is -2.04. The highest BCUT2D eigenvalue weighted by molar-refractivity contribution is 9.10. The fourth-order valence-electron chi connectivity index (χ4n) is 1.35. The van der Waals surface area contributed by atoms with Crippen LogP contribution in [0.25, 0.3) is 0 Å². The zero-order valence-corrected chi connectivity index (χ0v) is 9.65. The van der Waals surface area contributed by atoms with Gasteiger partial charge in [0.2, 0.25) is 0 Å². The van der Waals surface area contributed by atoms with Crippen LogP contribution in [0.5, 0.6) is 0 Å². The van der Waals surface area contributed by atoms with Crippen molar-refractivity contribution in [1.82, 2.24) is 4.57 Å². The summed E-state index contributed by atoms with van der Waals surface area (Å²) in [7, 11) is 0. The van der Waals surface area contributed by atoms with Crippen LogP contribution in [0, 0.1) is 0 Å². The van der Waals surface area contributed by atoms with Gasteiger partial charge in [0.25, 0.3) is 0 Å². The quantitative estimate of drug-likeness (QED) is 0.817. The third kappa shape index (κ3) is 2.80. The Morgan fingerprint density at radius 3 is 2.20 bits per heavy atom. The Balaban J connectivity index is 2.18. The SMILES string of the molecule is O=c1ccn(Cc2ccc(Br)cc2)cc1. The molecule has 2 aromatic rings. The molecule has 0 spiro atoms. The van der Waals surface area contributed by atoms with Crippen molar-refractivity contribution < 1.29 is 0 Å². The van der Waals surface area contributed by atoms with Gasteiger partial charge >= 0.3 is 0 Å². The van der Waals surface area contributed by atoms with E-state index in [9.17, 15) is 4.79 Å². The van der Waals surface area contributed by atoms with Gasteiger partial charge in [0.15, 0.2) is 5.43 Å². The van der Waals surface area contributed by atoms with E-state index in [0.29, 0.717) is 0 Å². The molecule has 1 aromatic carbocycles. The van der Waals surface area contributed by atoms with Gasteiger partial charge < -0.3 is 4.57 Å². The Morgan fingerprint density at radius 1 is 1.00 bits per heavy atom. The van der Waals surface area contributed by atoms with Crippen molar-refractivity contribution in [3.8, 4) is 0 Å². The largest absolute Gasteiger partial charge is 0.350 e. The molecule has 0 saturated carbocycles. The normalized spacial score (nSPS) is 10.2. The fourth-order valence-corrected chi connectivity index (χ4v) is 1.61. The highest BCUT2D eigenvalue weighted by Gasteiger charge is 1.93. The van der Waals surface area contributed by atoms with Gasteiger partial charge in [-0.2, -0.15) is 0 Å². The molecule has 0 radical (unpaired) electrons. The molecule has 0 bridgehead atoms. The van der Waals surface area contributed by atoms with E-state index in [1.165, 1.54) is 5.56 Å². The zero-order chi connectivity index (χ0) is 10.7. The summed E-state index contributed by atoms with van der Waals surface area (Å²) in [5.74, 6) is 0. The summed E-state index contributed by atoms with van der Waals surface area (Å²) in [6.45, 7) is 0.785. The van der Waals surface area contributed by atoms with E-state index in [4.69, 9.17) is 0 Å². The van der Waals surface area contributed by atoms with Crippen LogP contribution in [0.4, 0.5) is 0 Å². The summed E-state index contributed by atoms with van der Waals surface area (Å²) in [4.78, 5) is 10.9. The molecule has 1 heterocycles. The molecular formula is C12H10BrNO. The third-order valence-electron chi connectivity index (χ3n) is 2.14. The van der Waals surface area contributed by atoms with Crippen LogP contribution in [0.3, 0.4) is 0 Å². The van der Waals surface area contributed by atoms with Crippen LogP contribution in [0.1, 0.15) is 5.56 Å². The summed E-state index contributed by atoms with van der Waals surface area (Å²) in [6.07, 6.45) is 3.59. The highest BCUT2D eigenvalue weighted by Crippen LogP contribution is 2.11. The average molecular weight is 264 g/mol. The number of rotatable bonds is 2. The Bertz CT molecular complexity index is 481. The van der Waals surface area contributed by atoms with Gasteiger partial charge in [0.1, 0.15) is 0 Å². The molecule has 0 amide bonds. The molecule has 0 atom stereocenters. The summed E-state index contributed by atoms with van der Waals surface area (Å²) in [6, 6.07) is 11.3. The average Bonchev–Trinajstić information content (AvgIpc) is 2.25. The number of aromatic nitrogens is 1. The lowest BCUT2D eigenvalue weighted by Gasteiger charge is -2.05. The van der Waals surface area contributed by atoms with Crippen LogP contribution in [-0.2, 0) is 6.54 Å². The summed E-state index contributed by atoms with van der Waals surface area (Å²) < 4.78 is 3.05. The molecular weight excluding hydrogens is 254 g/mol. The van der Waals surface area contributed by atoms with E-state index in [2.05, 4.69) is 28.1 Å².